The van der Waals surface area contributed by atoms with Crippen molar-refractivity contribution in [2.24, 2.45) is 11.7 Å². The van der Waals surface area contributed by atoms with Gasteiger partial charge in [-0.3, -0.25) is 19.1 Å². The smallest absolute Gasteiger partial charge is 0.366 e. The first-order valence-electron chi connectivity index (χ1n) is 16.9. The standard InChI is InChI=1S/C36H26F8N8O3S/c37-17-7-15(8-18(38)11-17)9-24(47-27(54)14-52-31-28(30(50-52)36(42,43)44)19-2-3-22(19)35(31,40)41)29-20(16-1-4-23(39)21(10-16)32(45)55)12-25-33(48-29)49-34(56-25)51-6-5-46-26(53)13-51/h1-4,7-8,10-12,19,22,24H,5-6,9,13-14H2,(H2,45,55)(H,46,53)(H,47,54)/t19-,22+,24-/m0/s1. The zero-order chi connectivity index (χ0) is 39.8. The molecule has 56 heavy (non-hydrogen) atoms. The molecule has 0 unspecified atom stereocenters. The van der Waals surface area contributed by atoms with E-state index in [1.54, 1.807) is 11.0 Å². The van der Waals surface area contributed by atoms with Crippen molar-refractivity contribution in [1.29, 1.82) is 0 Å². The molecule has 0 saturated carbocycles. The summed E-state index contributed by atoms with van der Waals surface area (Å²) in [6.45, 7) is -0.415. The molecule has 3 aliphatic rings. The summed E-state index contributed by atoms with van der Waals surface area (Å²) in [5.41, 5.74) is 1.84. The van der Waals surface area contributed by atoms with E-state index in [1.165, 1.54) is 12.1 Å². The molecule has 2 aliphatic carbocycles. The van der Waals surface area contributed by atoms with E-state index < -0.39 is 94.7 Å². The fourth-order valence-corrected chi connectivity index (χ4v) is 8.29. The molecule has 0 bridgehead atoms. The normalized spacial score (nSPS) is 19.0. The number of hydrogen-bond donors (Lipinski definition) is 3. The fourth-order valence-electron chi connectivity index (χ4n) is 7.32. The minimum absolute atomic E-state index is 0.0208. The Bertz CT molecular complexity index is 2480. The van der Waals surface area contributed by atoms with Crippen molar-refractivity contribution in [3.8, 4) is 11.1 Å². The van der Waals surface area contributed by atoms with E-state index in [0.717, 1.165) is 41.7 Å². The van der Waals surface area contributed by atoms with E-state index in [0.29, 0.717) is 33.7 Å². The summed E-state index contributed by atoms with van der Waals surface area (Å²) in [7, 11) is 0. The first-order valence-corrected chi connectivity index (χ1v) is 17.7. The number of amides is 3. The number of primary amides is 1. The van der Waals surface area contributed by atoms with Crippen molar-refractivity contribution in [2.45, 2.75) is 37.0 Å². The summed E-state index contributed by atoms with van der Waals surface area (Å²) in [5.74, 6) is -12.0. The lowest BCUT2D eigenvalue weighted by atomic mass is 9.81. The van der Waals surface area contributed by atoms with Crippen molar-refractivity contribution in [2.75, 3.05) is 24.5 Å². The molecule has 0 spiro atoms. The Balaban J connectivity index is 1.25. The van der Waals surface area contributed by atoms with E-state index in [1.807, 2.05) is 0 Å². The number of fused-ring (bicyclic) bond motifs is 4. The van der Waals surface area contributed by atoms with Crippen LogP contribution in [-0.2, 0) is 34.7 Å². The summed E-state index contributed by atoms with van der Waals surface area (Å²) < 4.78 is 118. The van der Waals surface area contributed by atoms with Gasteiger partial charge in [0.05, 0.1) is 34.5 Å². The lowest BCUT2D eigenvalue weighted by Gasteiger charge is -2.27. The highest BCUT2D eigenvalue weighted by molar-refractivity contribution is 7.22. The zero-order valence-electron chi connectivity index (χ0n) is 28.4. The maximum absolute atomic E-state index is 15.5. The van der Waals surface area contributed by atoms with Gasteiger partial charge < -0.3 is 21.3 Å². The number of anilines is 1. The molecule has 1 saturated heterocycles. The van der Waals surface area contributed by atoms with Crippen molar-refractivity contribution < 1.29 is 49.5 Å². The van der Waals surface area contributed by atoms with Gasteiger partial charge in [0, 0.05) is 36.2 Å². The Labute approximate surface area is 314 Å². The van der Waals surface area contributed by atoms with E-state index in [4.69, 9.17) is 10.7 Å². The summed E-state index contributed by atoms with van der Waals surface area (Å²) >= 11 is 1.13. The van der Waals surface area contributed by atoms with Gasteiger partial charge in [0.2, 0.25) is 11.8 Å². The Morgan fingerprint density at radius 3 is 2.46 bits per heavy atom. The molecule has 0 radical (unpaired) electrons. The zero-order valence-corrected chi connectivity index (χ0v) is 29.3. The van der Waals surface area contributed by atoms with E-state index in [-0.39, 0.29) is 40.5 Å². The monoisotopic (exact) mass is 802 g/mol. The molecule has 2 aromatic carbocycles. The molecule has 4 N–H and O–H groups in total. The summed E-state index contributed by atoms with van der Waals surface area (Å²) in [5, 5.41) is 9.07. The molecule has 4 heterocycles. The predicted molar refractivity (Wildman–Crippen MR) is 184 cm³/mol. The van der Waals surface area contributed by atoms with Crippen LogP contribution in [0.1, 0.15) is 50.5 Å². The Morgan fingerprint density at radius 2 is 1.80 bits per heavy atom. The molecule has 3 atom stereocenters. The summed E-state index contributed by atoms with van der Waals surface area (Å²) in [4.78, 5) is 49.1. The van der Waals surface area contributed by atoms with Crippen molar-refractivity contribution in [3.05, 3.63) is 106 Å². The fraction of sp³-hybridized carbons (Fsp3) is 0.278. The number of aromatic nitrogens is 4. The SMILES string of the molecule is NC(=O)c1cc(-c2cc3sc(N4CCNC(=O)C4)nc3nc2[C@H](Cc2cc(F)cc(F)c2)NC(=O)Cn2nc(C(F)(F)F)c3c2C(F)(F)[C@@H]2C=C[C@H]32)ccc1F. The predicted octanol–water partition coefficient (Wildman–Crippen LogP) is 5.50. The molecule has 11 nitrogen and oxygen atoms in total. The number of pyridine rings is 1. The second-order valence-electron chi connectivity index (χ2n) is 13.5. The summed E-state index contributed by atoms with van der Waals surface area (Å²) in [6.07, 6.45) is -3.24. The summed E-state index contributed by atoms with van der Waals surface area (Å²) in [6, 6.07) is 6.02. The Morgan fingerprint density at radius 1 is 1.05 bits per heavy atom. The first-order chi connectivity index (χ1) is 26.5. The topological polar surface area (TPSA) is 148 Å². The second kappa shape index (κ2) is 13.4. The van der Waals surface area contributed by atoms with Crippen LogP contribution in [0.3, 0.4) is 0 Å². The van der Waals surface area contributed by atoms with Crippen LogP contribution in [0, 0.1) is 23.4 Å². The number of rotatable bonds is 9. The highest BCUT2D eigenvalue weighted by Gasteiger charge is 2.61. The Kier molecular flexibility index (Phi) is 8.85. The van der Waals surface area contributed by atoms with Gasteiger partial charge in [-0.1, -0.05) is 29.6 Å². The van der Waals surface area contributed by atoms with Gasteiger partial charge in [-0.05, 0) is 47.9 Å². The average Bonchev–Trinajstić information content (AvgIpc) is 3.72. The highest BCUT2D eigenvalue weighted by Crippen LogP contribution is 2.60. The minimum Gasteiger partial charge on any atom is -0.366 e. The number of nitrogens with two attached hydrogens (primary N) is 1. The molecular weight excluding hydrogens is 777 g/mol. The average molecular weight is 803 g/mol. The second-order valence-corrected chi connectivity index (χ2v) is 14.5. The number of nitrogens with one attached hydrogen (secondary N) is 2. The molecule has 290 valence electrons. The molecule has 5 aromatic rings. The number of nitrogens with zero attached hydrogens (tertiary/aromatic N) is 5. The maximum Gasteiger partial charge on any atom is 0.435 e. The minimum atomic E-state index is -5.12. The first kappa shape index (κ1) is 37.0. The molecular formula is C36H26F8N8O3S. The number of piperazine rings is 1. The van der Waals surface area contributed by atoms with Crippen LogP contribution < -0.4 is 21.3 Å². The number of benzene rings is 2. The quantitative estimate of drug-likeness (QED) is 0.132. The number of carbonyl (C=O) groups is 3. The molecule has 3 amide bonds. The van der Waals surface area contributed by atoms with Gasteiger partial charge in [-0.15, -0.1) is 0 Å². The van der Waals surface area contributed by atoms with Gasteiger partial charge in [0.15, 0.2) is 16.5 Å². The van der Waals surface area contributed by atoms with Gasteiger partial charge >= 0.3 is 6.18 Å². The van der Waals surface area contributed by atoms with Crippen LogP contribution in [0.5, 0.6) is 0 Å². The van der Waals surface area contributed by atoms with Crippen LogP contribution in [0.15, 0.2) is 54.6 Å². The lowest BCUT2D eigenvalue weighted by molar-refractivity contribution is -0.142. The number of carbonyl (C=O) groups excluding carboxylic acids is 3. The number of thiazole rings is 1. The van der Waals surface area contributed by atoms with Crippen LogP contribution in [0.2, 0.25) is 0 Å². The van der Waals surface area contributed by atoms with E-state index >= 15 is 8.78 Å². The molecule has 1 fully saturated rings. The number of allylic oxidation sites excluding steroid dienone is 2. The molecule has 1 aliphatic heterocycles. The number of halogens is 8. The Hall–Kier alpha value is -5.92. The van der Waals surface area contributed by atoms with Gasteiger partial charge in [0.1, 0.15) is 29.7 Å². The molecule has 20 heteroatoms. The van der Waals surface area contributed by atoms with Gasteiger partial charge in [0.25, 0.3) is 11.8 Å². The van der Waals surface area contributed by atoms with Crippen LogP contribution in [-0.4, -0.2) is 57.1 Å². The largest absolute Gasteiger partial charge is 0.435 e. The highest BCUT2D eigenvalue weighted by atomic mass is 32.1. The van der Waals surface area contributed by atoms with Crippen molar-refractivity contribution in [1.82, 2.24) is 30.4 Å². The van der Waals surface area contributed by atoms with Crippen LogP contribution >= 0.6 is 11.3 Å². The van der Waals surface area contributed by atoms with Crippen molar-refractivity contribution >= 4 is 44.5 Å². The third-order valence-electron chi connectivity index (χ3n) is 9.81. The van der Waals surface area contributed by atoms with Crippen molar-refractivity contribution in [3.63, 3.8) is 0 Å². The van der Waals surface area contributed by atoms with Crippen LogP contribution in [0.4, 0.5) is 40.3 Å². The lowest BCUT2D eigenvalue weighted by Crippen LogP contribution is -2.47. The van der Waals surface area contributed by atoms with Gasteiger partial charge in [-0.2, -0.15) is 32.0 Å². The van der Waals surface area contributed by atoms with E-state index in [2.05, 4.69) is 20.7 Å². The third kappa shape index (κ3) is 6.50. The molecule has 8 rings (SSSR count). The van der Waals surface area contributed by atoms with Crippen LogP contribution in [0.25, 0.3) is 21.5 Å². The number of alkyl halides is 5. The third-order valence-corrected chi connectivity index (χ3v) is 10.9. The molecule has 3 aromatic heterocycles. The van der Waals surface area contributed by atoms with Gasteiger partial charge in [-0.25, -0.2) is 18.2 Å². The van der Waals surface area contributed by atoms with E-state index in [9.17, 15) is 40.7 Å². The number of hydrogen-bond acceptors (Lipinski definition) is 8. The maximum atomic E-state index is 15.5.